The van der Waals surface area contributed by atoms with Gasteiger partial charge in [-0.05, 0) is 25.7 Å². The van der Waals surface area contributed by atoms with Gasteiger partial charge in [0.05, 0.1) is 0 Å². The third kappa shape index (κ3) is 9.25. The summed E-state index contributed by atoms with van der Waals surface area (Å²) in [7, 11) is 0. The number of allylic oxidation sites excluding steroid dienone is 6. The van der Waals surface area contributed by atoms with E-state index in [4.69, 9.17) is 5.11 Å². The fourth-order valence-electron chi connectivity index (χ4n) is 1.55. The topological polar surface area (TPSA) is 37.3 Å². The summed E-state index contributed by atoms with van der Waals surface area (Å²) in [5.74, 6) is -0.426. The van der Waals surface area contributed by atoms with E-state index < -0.39 is 5.97 Å². The van der Waals surface area contributed by atoms with Gasteiger partial charge >= 0.3 is 5.97 Å². The van der Waals surface area contributed by atoms with Crippen LogP contribution in [0, 0.1) is 5.92 Å². The second kappa shape index (κ2) is 10.2. The van der Waals surface area contributed by atoms with Crippen molar-refractivity contribution in [3.8, 4) is 0 Å². The van der Waals surface area contributed by atoms with Crippen molar-refractivity contribution in [1.82, 2.24) is 0 Å². The highest BCUT2D eigenvalue weighted by atomic mass is 16.4. The average molecular weight is 222 g/mol. The third-order valence-electron chi connectivity index (χ3n) is 2.29. The lowest BCUT2D eigenvalue weighted by molar-refractivity contribution is -0.138. The first kappa shape index (κ1) is 14.7. The van der Waals surface area contributed by atoms with E-state index in [0.29, 0.717) is 0 Å². The van der Waals surface area contributed by atoms with Crippen molar-refractivity contribution >= 4 is 5.97 Å². The van der Waals surface area contributed by atoms with Gasteiger partial charge in [-0.15, -0.1) is 0 Å². The fourth-order valence-corrected chi connectivity index (χ4v) is 1.55. The Morgan fingerprint density at radius 2 is 1.94 bits per heavy atom. The molecule has 0 aromatic carbocycles. The van der Waals surface area contributed by atoms with Crippen LogP contribution in [0.5, 0.6) is 0 Å². The molecule has 2 heteroatoms. The number of rotatable bonds is 8. The first-order chi connectivity index (χ1) is 7.70. The van der Waals surface area contributed by atoms with Crippen LogP contribution in [0.15, 0.2) is 36.5 Å². The molecule has 0 aromatic rings. The van der Waals surface area contributed by atoms with Crippen molar-refractivity contribution in [2.45, 2.75) is 39.5 Å². The smallest absolute Gasteiger partial charge is 0.303 e. The summed E-state index contributed by atoms with van der Waals surface area (Å²) < 4.78 is 0. The zero-order chi connectivity index (χ0) is 12.2. The average Bonchev–Trinajstić information content (AvgIpc) is 2.22. The molecule has 0 spiro atoms. The largest absolute Gasteiger partial charge is 0.481 e. The highest BCUT2D eigenvalue weighted by Crippen LogP contribution is 2.16. The Bertz CT molecular complexity index is 262. The zero-order valence-corrected chi connectivity index (χ0v) is 10.2. The van der Waals surface area contributed by atoms with E-state index in [0.717, 1.165) is 19.3 Å². The number of hydrogen-bond donors (Lipinski definition) is 1. The van der Waals surface area contributed by atoms with E-state index >= 15 is 0 Å². The molecular formula is C14H22O2. The first-order valence-corrected chi connectivity index (χ1v) is 5.87. The minimum Gasteiger partial charge on any atom is -0.481 e. The molecule has 1 atom stereocenters. The maximum Gasteiger partial charge on any atom is 0.303 e. The SMILES string of the molecule is C/C=C/C=C/C=C/CC(CCC)CC(=O)O. The summed E-state index contributed by atoms with van der Waals surface area (Å²) in [6.07, 6.45) is 15.0. The predicted molar refractivity (Wildman–Crippen MR) is 68.4 cm³/mol. The molecule has 0 heterocycles. The number of hydrogen-bond acceptors (Lipinski definition) is 1. The van der Waals surface area contributed by atoms with Gasteiger partial charge in [0.1, 0.15) is 0 Å². The molecule has 0 aliphatic rings. The third-order valence-corrected chi connectivity index (χ3v) is 2.29. The number of aliphatic carboxylic acids is 1. The highest BCUT2D eigenvalue weighted by molar-refractivity contribution is 5.67. The Labute approximate surface area is 98.4 Å². The summed E-state index contributed by atoms with van der Waals surface area (Å²) in [6.45, 7) is 4.06. The Morgan fingerprint density at radius 1 is 1.25 bits per heavy atom. The predicted octanol–water partition coefficient (Wildman–Crippen LogP) is 3.96. The minimum atomic E-state index is -0.698. The van der Waals surface area contributed by atoms with Gasteiger partial charge in [0.15, 0.2) is 0 Å². The quantitative estimate of drug-likeness (QED) is 0.631. The van der Waals surface area contributed by atoms with E-state index in [2.05, 4.69) is 6.92 Å². The van der Waals surface area contributed by atoms with Crippen LogP contribution >= 0.6 is 0 Å². The van der Waals surface area contributed by atoms with Gasteiger partial charge < -0.3 is 5.11 Å². The van der Waals surface area contributed by atoms with Gasteiger partial charge in [0.2, 0.25) is 0 Å². The van der Waals surface area contributed by atoms with Gasteiger partial charge in [-0.2, -0.15) is 0 Å². The van der Waals surface area contributed by atoms with Crippen LogP contribution in [-0.4, -0.2) is 11.1 Å². The molecule has 0 rings (SSSR count). The molecule has 0 radical (unpaired) electrons. The molecule has 0 bridgehead atoms. The summed E-state index contributed by atoms with van der Waals surface area (Å²) in [4.78, 5) is 10.6. The zero-order valence-electron chi connectivity index (χ0n) is 10.2. The van der Waals surface area contributed by atoms with Crippen molar-refractivity contribution in [1.29, 1.82) is 0 Å². The Hall–Kier alpha value is -1.31. The molecular weight excluding hydrogens is 200 g/mol. The minimum absolute atomic E-state index is 0.272. The van der Waals surface area contributed by atoms with Crippen LogP contribution < -0.4 is 0 Å². The van der Waals surface area contributed by atoms with Crippen LogP contribution in [0.2, 0.25) is 0 Å². The molecule has 0 saturated heterocycles. The molecule has 0 aromatic heterocycles. The standard InChI is InChI=1S/C14H22O2/c1-3-5-6-7-8-9-11-13(10-4-2)12-14(15)16/h3,5-9,13H,4,10-12H2,1-2H3,(H,15,16)/b5-3+,7-6+,9-8+. The van der Waals surface area contributed by atoms with Crippen LogP contribution in [0.3, 0.4) is 0 Å². The number of carbonyl (C=O) groups is 1. The van der Waals surface area contributed by atoms with Crippen molar-refractivity contribution in [3.63, 3.8) is 0 Å². The molecule has 0 aliphatic carbocycles. The van der Waals surface area contributed by atoms with Crippen LogP contribution in [0.1, 0.15) is 39.5 Å². The molecule has 0 amide bonds. The van der Waals surface area contributed by atoms with Gasteiger partial charge in [-0.3, -0.25) is 4.79 Å². The lowest BCUT2D eigenvalue weighted by Crippen LogP contribution is -2.06. The van der Waals surface area contributed by atoms with Crippen LogP contribution in [0.25, 0.3) is 0 Å². The molecule has 2 nitrogen and oxygen atoms in total. The Kier molecular flexibility index (Phi) is 9.38. The van der Waals surface area contributed by atoms with Crippen LogP contribution in [0.4, 0.5) is 0 Å². The van der Waals surface area contributed by atoms with Crippen LogP contribution in [-0.2, 0) is 4.79 Å². The maximum absolute atomic E-state index is 10.6. The molecule has 0 fully saturated rings. The van der Waals surface area contributed by atoms with Gasteiger partial charge in [-0.1, -0.05) is 49.8 Å². The first-order valence-electron chi connectivity index (χ1n) is 5.87. The summed E-state index contributed by atoms with van der Waals surface area (Å²) in [5, 5.41) is 8.74. The second-order valence-electron chi connectivity index (χ2n) is 3.83. The van der Waals surface area contributed by atoms with Crippen molar-refractivity contribution in [2.24, 2.45) is 5.92 Å². The monoisotopic (exact) mass is 222 g/mol. The van der Waals surface area contributed by atoms with Gasteiger partial charge in [-0.25, -0.2) is 0 Å². The van der Waals surface area contributed by atoms with E-state index in [1.165, 1.54) is 0 Å². The molecule has 16 heavy (non-hydrogen) atoms. The van der Waals surface area contributed by atoms with Gasteiger partial charge in [0, 0.05) is 6.42 Å². The van der Waals surface area contributed by atoms with Gasteiger partial charge in [0.25, 0.3) is 0 Å². The Balaban J connectivity index is 3.95. The van der Waals surface area contributed by atoms with E-state index in [1.807, 2.05) is 43.4 Å². The van der Waals surface area contributed by atoms with E-state index in [1.54, 1.807) is 0 Å². The summed E-state index contributed by atoms with van der Waals surface area (Å²) in [5.41, 5.74) is 0. The maximum atomic E-state index is 10.6. The highest BCUT2D eigenvalue weighted by Gasteiger charge is 2.09. The van der Waals surface area contributed by atoms with Crippen molar-refractivity contribution < 1.29 is 9.90 Å². The molecule has 0 saturated carbocycles. The summed E-state index contributed by atoms with van der Waals surface area (Å²) in [6, 6.07) is 0. The fraction of sp³-hybridized carbons (Fsp3) is 0.500. The molecule has 90 valence electrons. The molecule has 0 aliphatic heterocycles. The number of carboxylic acids is 1. The second-order valence-corrected chi connectivity index (χ2v) is 3.83. The van der Waals surface area contributed by atoms with Crippen molar-refractivity contribution in [3.05, 3.63) is 36.5 Å². The molecule has 1 unspecified atom stereocenters. The molecule has 1 N–H and O–H groups in total. The number of carboxylic acid groups (broad SMARTS) is 1. The van der Waals surface area contributed by atoms with Crippen molar-refractivity contribution in [2.75, 3.05) is 0 Å². The van der Waals surface area contributed by atoms with E-state index in [9.17, 15) is 4.79 Å². The Morgan fingerprint density at radius 3 is 2.50 bits per heavy atom. The van der Waals surface area contributed by atoms with E-state index in [-0.39, 0.29) is 12.3 Å². The lowest BCUT2D eigenvalue weighted by Gasteiger charge is -2.10. The summed E-state index contributed by atoms with van der Waals surface area (Å²) >= 11 is 0. The normalized spacial score (nSPS) is 14.1. The lowest BCUT2D eigenvalue weighted by atomic mass is 9.96.